The number of hydrogen-bond acceptors (Lipinski definition) is 4. The summed E-state index contributed by atoms with van der Waals surface area (Å²) < 4.78 is 13.2. The average Bonchev–Trinajstić information content (AvgIpc) is 2.70. The van der Waals surface area contributed by atoms with E-state index in [0.29, 0.717) is 24.9 Å². The Bertz CT molecular complexity index is 832. The molecule has 148 valence electrons. The highest BCUT2D eigenvalue weighted by Gasteiger charge is 2.10. The number of hydrazine groups is 1. The van der Waals surface area contributed by atoms with Crippen LogP contribution in [0.1, 0.15) is 34.8 Å². The van der Waals surface area contributed by atoms with E-state index in [2.05, 4.69) is 15.7 Å². The highest BCUT2D eigenvalue weighted by atomic mass is 19.1. The van der Waals surface area contributed by atoms with Crippen LogP contribution in [0.4, 0.5) is 10.1 Å². The third-order valence-corrected chi connectivity index (χ3v) is 4.02. The summed E-state index contributed by atoms with van der Waals surface area (Å²) in [6.07, 6.45) is 9.46. The summed E-state index contributed by atoms with van der Waals surface area (Å²) in [6, 6.07) is 9.32. The number of rotatable bonds is 9. The van der Waals surface area contributed by atoms with Gasteiger partial charge in [-0.1, -0.05) is 18.2 Å². The molecule has 0 aliphatic heterocycles. The molecule has 0 spiro atoms. The number of hydrogen-bond donors (Lipinski definition) is 2. The predicted molar refractivity (Wildman–Crippen MR) is 111 cm³/mol. The van der Waals surface area contributed by atoms with Gasteiger partial charge in [-0.25, -0.2) is 9.40 Å². The van der Waals surface area contributed by atoms with E-state index >= 15 is 0 Å². The third kappa shape index (κ3) is 6.96. The standard InChI is InChI=1S/C22H27FN4O/c1-4-20(23)10-6-5-9-18-14-19(11-12-21(18)26-27(2)3)22(28)25-16-17-8-7-13-24-15-17/h4,6-8,10-15,26H,5,9,16H2,1-3H3,(H,25,28)/b10-6-,20-4+. The number of pyridine rings is 1. The fourth-order valence-electron chi connectivity index (χ4n) is 2.61. The highest BCUT2D eigenvalue weighted by Crippen LogP contribution is 2.20. The van der Waals surface area contributed by atoms with E-state index in [1.54, 1.807) is 31.5 Å². The van der Waals surface area contributed by atoms with Crippen LogP contribution in [0.15, 0.2) is 66.8 Å². The number of aromatic nitrogens is 1. The third-order valence-electron chi connectivity index (χ3n) is 4.02. The Morgan fingerprint density at radius 2 is 2.11 bits per heavy atom. The van der Waals surface area contributed by atoms with Crippen LogP contribution in [0.25, 0.3) is 0 Å². The van der Waals surface area contributed by atoms with Gasteiger partial charge in [-0.05, 0) is 61.2 Å². The van der Waals surface area contributed by atoms with Crippen molar-refractivity contribution in [1.82, 2.24) is 15.3 Å². The molecule has 0 fully saturated rings. The van der Waals surface area contributed by atoms with Gasteiger partial charge in [0.1, 0.15) is 5.83 Å². The molecule has 0 saturated heterocycles. The molecule has 0 radical (unpaired) electrons. The molecule has 5 nitrogen and oxygen atoms in total. The molecule has 2 rings (SSSR count). The van der Waals surface area contributed by atoms with Gasteiger partial charge in [0.2, 0.25) is 0 Å². The van der Waals surface area contributed by atoms with Crippen molar-refractivity contribution in [3.8, 4) is 0 Å². The van der Waals surface area contributed by atoms with E-state index in [9.17, 15) is 9.18 Å². The minimum Gasteiger partial charge on any atom is -0.348 e. The van der Waals surface area contributed by atoms with Crippen molar-refractivity contribution in [3.05, 3.63) is 83.5 Å². The highest BCUT2D eigenvalue weighted by molar-refractivity contribution is 5.94. The number of halogens is 1. The van der Waals surface area contributed by atoms with Crippen LogP contribution in [0.5, 0.6) is 0 Å². The SMILES string of the molecule is C/C=C(F)\C=C/CCc1cc(C(=O)NCc2cccnc2)ccc1NN(C)C. The van der Waals surface area contributed by atoms with E-state index < -0.39 is 0 Å². The minimum absolute atomic E-state index is 0.142. The van der Waals surface area contributed by atoms with Gasteiger partial charge in [0.25, 0.3) is 5.91 Å². The number of aryl methyl sites for hydroxylation is 1. The molecular formula is C22H27FN4O. The Balaban J connectivity index is 2.09. The van der Waals surface area contributed by atoms with Gasteiger partial charge in [0, 0.05) is 38.6 Å². The number of amides is 1. The van der Waals surface area contributed by atoms with E-state index in [1.165, 1.54) is 12.2 Å². The van der Waals surface area contributed by atoms with Crippen LogP contribution in [0.3, 0.4) is 0 Å². The minimum atomic E-state index is -0.254. The van der Waals surface area contributed by atoms with Crippen LogP contribution < -0.4 is 10.7 Å². The molecule has 0 bridgehead atoms. The molecule has 2 N–H and O–H groups in total. The van der Waals surface area contributed by atoms with Crippen molar-refractivity contribution < 1.29 is 9.18 Å². The summed E-state index contributed by atoms with van der Waals surface area (Å²) in [4.78, 5) is 16.6. The Hall–Kier alpha value is -2.99. The molecule has 1 heterocycles. The first-order valence-electron chi connectivity index (χ1n) is 9.22. The van der Waals surface area contributed by atoms with Gasteiger partial charge in [-0.3, -0.25) is 9.78 Å². The summed E-state index contributed by atoms with van der Waals surface area (Å²) in [7, 11) is 3.80. The van der Waals surface area contributed by atoms with Gasteiger partial charge < -0.3 is 10.7 Å². The normalized spacial score (nSPS) is 11.8. The Morgan fingerprint density at radius 3 is 2.79 bits per heavy atom. The number of nitrogens with one attached hydrogen (secondary N) is 2. The summed E-state index contributed by atoms with van der Waals surface area (Å²) in [5, 5.41) is 4.76. The van der Waals surface area contributed by atoms with Crippen molar-refractivity contribution in [3.63, 3.8) is 0 Å². The quantitative estimate of drug-likeness (QED) is 0.503. The lowest BCUT2D eigenvalue weighted by Crippen LogP contribution is -2.24. The fourth-order valence-corrected chi connectivity index (χ4v) is 2.61. The summed E-state index contributed by atoms with van der Waals surface area (Å²) in [5.41, 5.74) is 6.69. The molecule has 0 atom stereocenters. The molecule has 0 aliphatic rings. The maximum Gasteiger partial charge on any atom is 0.251 e. The number of carbonyl (C=O) groups excluding carboxylic acids is 1. The molecule has 0 aliphatic carbocycles. The number of benzene rings is 1. The van der Waals surface area contributed by atoms with Gasteiger partial charge in [-0.15, -0.1) is 0 Å². The Morgan fingerprint density at radius 1 is 1.29 bits per heavy atom. The first-order valence-corrected chi connectivity index (χ1v) is 9.22. The molecule has 0 saturated carbocycles. The van der Waals surface area contributed by atoms with Crippen molar-refractivity contribution in [2.75, 3.05) is 19.5 Å². The van der Waals surface area contributed by atoms with Crippen molar-refractivity contribution in [2.45, 2.75) is 26.3 Å². The van der Waals surface area contributed by atoms with Crippen molar-refractivity contribution in [1.29, 1.82) is 0 Å². The Kier molecular flexibility index (Phi) is 8.37. The smallest absolute Gasteiger partial charge is 0.251 e. The molecule has 6 heteroatoms. The zero-order chi connectivity index (χ0) is 20.4. The molecule has 2 aromatic rings. The van der Waals surface area contributed by atoms with Gasteiger partial charge in [-0.2, -0.15) is 0 Å². The maximum atomic E-state index is 13.2. The van der Waals surface area contributed by atoms with Gasteiger partial charge in [0.15, 0.2) is 0 Å². The zero-order valence-electron chi connectivity index (χ0n) is 16.6. The van der Waals surface area contributed by atoms with Crippen LogP contribution in [-0.2, 0) is 13.0 Å². The number of allylic oxidation sites excluding steroid dienone is 4. The average molecular weight is 382 g/mol. The predicted octanol–water partition coefficient (Wildman–Crippen LogP) is 4.26. The van der Waals surface area contributed by atoms with Crippen LogP contribution >= 0.6 is 0 Å². The largest absolute Gasteiger partial charge is 0.348 e. The number of nitrogens with zero attached hydrogens (tertiary/aromatic N) is 2. The lowest BCUT2D eigenvalue weighted by molar-refractivity contribution is 0.0951. The molecule has 0 unspecified atom stereocenters. The Labute approximate surface area is 166 Å². The van der Waals surface area contributed by atoms with Crippen LogP contribution in [0.2, 0.25) is 0 Å². The van der Waals surface area contributed by atoms with Crippen LogP contribution in [0, 0.1) is 0 Å². The monoisotopic (exact) mass is 382 g/mol. The molecule has 1 aromatic heterocycles. The van der Waals surface area contributed by atoms with E-state index in [0.717, 1.165) is 16.8 Å². The first kappa shape index (κ1) is 21.3. The topological polar surface area (TPSA) is 57.3 Å². The molecular weight excluding hydrogens is 355 g/mol. The second-order valence-corrected chi connectivity index (χ2v) is 6.54. The van der Waals surface area contributed by atoms with Crippen LogP contribution in [-0.4, -0.2) is 30.0 Å². The van der Waals surface area contributed by atoms with E-state index in [1.807, 2.05) is 43.4 Å². The lowest BCUT2D eigenvalue weighted by atomic mass is 10.0. The molecule has 1 aromatic carbocycles. The number of carbonyl (C=O) groups is 1. The fraction of sp³-hybridized carbons (Fsp3) is 0.273. The second-order valence-electron chi connectivity index (χ2n) is 6.54. The van der Waals surface area contributed by atoms with Gasteiger partial charge in [0.05, 0.1) is 5.69 Å². The number of anilines is 1. The van der Waals surface area contributed by atoms with Crippen molar-refractivity contribution >= 4 is 11.6 Å². The van der Waals surface area contributed by atoms with Gasteiger partial charge >= 0.3 is 0 Å². The second kappa shape index (κ2) is 11.0. The summed E-state index contributed by atoms with van der Waals surface area (Å²) in [6.45, 7) is 2.08. The zero-order valence-corrected chi connectivity index (χ0v) is 16.6. The first-order chi connectivity index (χ1) is 13.5. The lowest BCUT2D eigenvalue weighted by Gasteiger charge is -2.18. The van der Waals surface area contributed by atoms with Crippen molar-refractivity contribution in [2.24, 2.45) is 0 Å². The maximum absolute atomic E-state index is 13.2. The summed E-state index contributed by atoms with van der Waals surface area (Å²) in [5.74, 6) is -0.396. The molecule has 28 heavy (non-hydrogen) atoms. The molecule has 1 amide bonds. The van der Waals surface area contributed by atoms with E-state index in [4.69, 9.17) is 0 Å². The van der Waals surface area contributed by atoms with E-state index in [-0.39, 0.29) is 11.7 Å². The summed E-state index contributed by atoms with van der Waals surface area (Å²) >= 11 is 0.